The first-order valence-corrected chi connectivity index (χ1v) is 5.94. The number of anilines is 1. The SMILES string of the molecule is CCC1C(=O)NCCN1C(=O)c1cccc(N)n1. The number of nitrogens with one attached hydrogen (secondary N) is 1. The Kier molecular flexibility index (Phi) is 3.45. The molecule has 2 rings (SSSR count). The zero-order chi connectivity index (χ0) is 13.1. The minimum Gasteiger partial charge on any atom is -0.384 e. The van der Waals surface area contributed by atoms with E-state index < -0.39 is 6.04 Å². The third-order valence-electron chi connectivity index (χ3n) is 2.97. The van der Waals surface area contributed by atoms with Crippen LogP contribution < -0.4 is 11.1 Å². The molecule has 0 saturated carbocycles. The lowest BCUT2D eigenvalue weighted by Crippen LogP contribution is -2.57. The summed E-state index contributed by atoms with van der Waals surface area (Å²) in [4.78, 5) is 29.5. The van der Waals surface area contributed by atoms with Crippen LogP contribution in [0.1, 0.15) is 23.8 Å². The van der Waals surface area contributed by atoms with E-state index in [0.717, 1.165) is 0 Å². The molecule has 1 atom stereocenters. The molecule has 0 aliphatic carbocycles. The minimum absolute atomic E-state index is 0.110. The molecule has 0 spiro atoms. The van der Waals surface area contributed by atoms with Gasteiger partial charge in [0.05, 0.1) is 0 Å². The molecule has 1 saturated heterocycles. The number of rotatable bonds is 2. The first-order valence-electron chi connectivity index (χ1n) is 5.94. The molecular formula is C12H16N4O2. The predicted octanol–water partition coefficient (Wildman–Crippen LogP) is 0.0144. The molecule has 1 aliphatic heterocycles. The molecule has 6 nitrogen and oxygen atoms in total. The fourth-order valence-corrected chi connectivity index (χ4v) is 2.08. The Labute approximate surface area is 105 Å². The summed E-state index contributed by atoms with van der Waals surface area (Å²) in [7, 11) is 0. The van der Waals surface area contributed by atoms with Gasteiger partial charge in [0.1, 0.15) is 17.6 Å². The molecule has 1 aliphatic rings. The molecule has 2 heterocycles. The second kappa shape index (κ2) is 5.03. The number of hydrogen-bond acceptors (Lipinski definition) is 4. The number of nitrogens with zero attached hydrogens (tertiary/aromatic N) is 2. The van der Waals surface area contributed by atoms with Gasteiger partial charge in [-0.2, -0.15) is 0 Å². The summed E-state index contributed by atoms with van der Waals surface area (Å²) in [5.41, 5.74) is 5.84. The Morgan fingerprint density at radius 3 is 3.06 bits per heavy atom. The summed E-state index contributed by atoms with van der Waals surface area (Å²) in [5.74, 6) is -0.0552. The first kappa shape index (κ1) is 12.3. The molecule has 0 bridgehead atoms. The van der Waals surface area contributed by atoms with Crippen LogP contribution in [0.15, 0.2) is 18.2 Å². The Bertz CT molecular complexity index is 475. The topological polar surface area (TPSA) is 88.3 Å². The maximum absolute atomic E-state index is 12.3. The maximum atomic E-state index is 12.3. The molecule has 3 N–H and O–H groups in total. The summed E-state index contributed by atoms with van der Waals surface area (Å²) in [6, 6.07) is 4.49. The van der Waals surface area contributed by atoms with Crippen LogP contribution in [0, 0.1) is 0 Å². The van der Waals surface area contributed by atoms with Crippen molar-refractivity contribution in [2.75, 3.05) is 18.8 Å². The van der Waals surface area contributed by atoms with Crippen molar-refractivity contribution >= 4 is 17.6 Å². The Morgan fingerprint density at radius 1 is 1.61 bits per heavy atom. The number of nitrogens with two attached hydrogens (primary N) is 1. The van der Waals surface area contributed by atoms with Gasteiger partial charge in [0, 0.05) is 13.1 Å². The highest BCUT2D eigenvalue weighted by atomic mass is 16.2. The van der Waals surface area contributed by atoms with Crippen molar-refractivity contribution in [3.05, 3.63) is 23.9 Å². The van der Waals surface area contributed by atoms with Crippen LogP contribution in [0.2, 0.25) is 0 Å². The van der Waals surface area contributed by atoms with Gasteiger partial charge in [-0.05, 0) is 18.6 Å². The van der Waals surface area contributed by atoms with E-state index >= 15 is 0 Å². The molecule has 1 aromatic rings. The van der Waals surface area contributed by atoms with Crippen molar-refractivity contribution in [3.63, 3.8) is 0 Å². The van der Waals surface area contributed by atoms with Crippen molar-refractivity contribution in [2.45, 2.75) is 19.4 Å². The minimum atomic E-state index is -0.422. The fraction of sp³-hybridized carbons (Fsp3) is 0.417. The van der Waals surface area contributed by atoms with Gasteiger partial charge in [0.2, 0.25) is 5.91 Å². The van der Waals surface area contributed by atoms with E-state index in [1.165, 1.54) is 0 Å². The van der Waals surface area contributed by atoms with Gasteiger partial charge in [0.25, 0.3) is 5.91 Å². The lowest BCUT2D eigenvalue weighted by atomic mass is 10.1. The molecule has 0 radical (unpaired) electrons. The van der Waals surface area contributed by atoms with Crippen molar-refractivity contribution in [3.8, 4) is 0 Å². The van der Waals surface area contributed by atoms with Crippen molar-refractivity contribution in [1.29, 1.82) is 0 Å². The van der Waals surface area contributed by atoms with E-state index in [1.54, 1.807) is 23.1 Å². The summed E-state index contributed by atoms with van der Waals surface area (Å²) >= 11 is 0. The number of aromatic nitrogens is 1. The summed E-state index contributed by atoms with van der Waals surface area (Å²) in [6.45, 7) is 2.85. The van der Waals surface area contributed by atoms with Gasteiger partial charge in [-0.15, -0.1) is 0 Å². The van der Waals surface area contributed by atoms with E-state index in [1.807, 2.05) is 6.92 Å². The monoisotopic (exact) mass is 248 g/mol. The number of amides is 2. The second-order valence-corrected chi connectivity index (χ2v) is 4.16. The zero-order valence-corrected chi connectivity index (χ0v) is 10.2. The van der Waals surface area contributed by atoms with Crippen LogP contribution in [0.3, 0.4) is 0 Å². The highest BCUT2D eigenvalue weighted by Crippen LogP contribution is 2.13. The second-order valence-electron chi connectivity index (χ2n) is 4.16. The van der Waals surface area contributed by atoms with Gasteiger partial charge in [-0.3, -0.25) is 9.59 Å². The average molecular weight is 248 g/mol. The molecule has 96 valence electrons. The van der Waals surface area contributed by atoms with E-state index in [0.29, 0.717) is 25.3 Å². The van der Waals surface area contributed by atoms with Crippen LogP contribution in [-0.4, -0.2) is 40.8 Å². The number of carbonyl (C=O) groups is 2. The number of nitrogen functional groups attached to an aromatic ring is 1. The van der Waals surface area contributed by atoms with Crippen molar-refractivity contribution in [1.82, 2.24) is 15.2 Å². The molecule has 2 amide bonds. The van der Waals surface area contributed by atoms with E-state index in [4.69, 9.17) is 5.73 Å². The number of pyridine rings is 1. The molecule has 6 heteroatoms. The van der Waals surface area contributed by atoms with Gasteiger partial charge in [-0.25, -0.2) is 4.98 Å². The highest BCUT2D eigenvalue weighted by molar-refractivity contribution is 5.97. The summed E-state index contributed by atoms with van der Waals surface area (Å²) < 4.78 is 0. The van der Waals surface area contributed by atoms with E-state index in [9.17, 15) is 9.59 Å². The smallest absolute Gasteiger partial charge is 0.273 e. The molecule has 1 fully saturated rings. The first-order chi connectivity index (χ1) is 8.63. The van der Waals surface area contributed by atoms with Crippen LogP contribution in [0.4, 0.5) is 5.82 Å². The number of piperazine rings is 1. The van der Waals surface area contributed by atoms with Crippen LogP contribution in [0.5, 0.6) is 0 Å². The lowest BCUT2D eigenvalue weighted by molar-refractivity contribution is -0.127. The predicted molar refractivity (Wildman–Crippen MR) is 66.8 cm³/mol. The van der Waals surface area contributed by atoms with Gasteiger partial charge >= 0.3 is 0 Å². The van der Waals surface area contributed by atoms with E-state index in [2.05, 4.69) is 10.3 Å². The van der Waals surface area contributed by atoms with Gasteiger partial charge in [-0.1, -0.05) is 13.0 Å². The van der Waals surface area contributed by atoms with Crippen molar-refractivity contribution < 1.29 is 9.59 Å². The van der Waals surface area contributed by atoms with Crippen LogP contribution in [-0.2, 0) is 4.79 Å². The third-order valence-corrected chi connectivity index (χ3v) is 2.97. The Hall–Kier alpha value is -2.11. The lowest BCUT2D eigenvalue weighted by Gasteiger charge is -2.34. The molecule has 18 heavy (non-hydrogen) atoms. The van der Waals surface area contributed by atoms with Crippen LogP contribution in [0.25, 0.3) is 0 Å². The zero-order valence-electron chi connectivity index (χ0n) is 10.2. The number of hydrogen-bond donors (Lipinski definition) is 2. The quantitative estimate of drug-likeness (QED) is 0.772. The Balaban J connectivity index is 2.24. The third kappa shape index (κ3) is 2.27. The van der Waals surface area contributed by atoms with Gasteiger partial charge in [0.15, 0.2) is 0 Å². The fourth-order valence-electron chi connectivity index (χ4n) is 2.08. The Morgan fingerprint density at radius 2 is 2.39 bits per heavy atom. The maximum Gasteiger partial charge on any atom is 0.273 e. The molecular weight excluding hydrogens is 232 g/mol. The standard InChI is InChI=1S/C12H16N4O2/c1-2-9-11(17)14-6-7-16(9)12(18)8-4-3-5-10(13)15-8/h3-5,9H,2,6-7H2,1H3,(H2,13,15)(H,14,17). The molecule has 1 unspecified atom stereocenters. The normalized spacial score (nSPS) is 19.5. The summed E-state index contributed by atoms with van der Waals surface area (Å²) in [5, 5.41) is 2.75. The van der Waals surface area contributed by atoms with E-state index in [-0.39, 0.29) is 17.5 Å². The molecule has 1 aromatic heterocycles. The van der Waals surface area contributed by atoms with Crippen molar-refractivity contribution in [2.24, 2.45) is 0 Å². The molecule has 0 aromatic carbocycles. The van der Waals surface area contributed by atoms with Crippen LogP contribution >= 0.6 is 0 Å². The summed E-state index contributed by atoms with van der Waals surface area (Å²) in [6.07, 6.45) is 0.583. The highest BCUT2D eigenvalue weighted by Gasteiger charge is 2.32. The largest absolute Gasteiger partial charge is 0.384 e. The average Bonchev–Trinajstić information content (AvgIpc) is 2.37. The van der Waals surface area contributed by atoms with Gasteiger partial charge < -0.3 is 16.0 Å². The number of carbonyl (C=O) groups excluding carboxylic acids is 2.